The fraction of sp³-hybridized carbons (Fsp3) is 0.353. The minimum Gasteiger partial charge on any atom is -0.404 e. The quantitative estimate of drug-likeness (QED) is 0.404. The van der Waals surface area contributed by atoms with Gasteiger partial charge in [0.05, 0.1) is 12.4 Å². The standard InChI is InChI=1S/C17H21FIN5/c1-11(21)24-17(15-5-4-14(18)6-16(15)19)23-10-13(7-20)9-22-8-12-2-3-12/h4-7,9,12H,2-3,8,10,20H2,1H3,(H2,21,23,24). The normalized spacial score (nSPS) is 16.9. The zero-order valence-electron chi connectivity index (χ0n) is 13.5. The number of rotatable bonds is 6. The summed E-state index contributed by atoms with van der Waals surface area (Å²) in [6.07, 6.45) is 5.77. The van der Waals surface area contributed by atoms with Crippen LogP contribution < -0.4 is 11.5 Å². The van der Waals surface area contributed by atoms with Crippen molar-refractivity contribution in [1.29, 1.82) is 0 Å². The lowest BCUT2D eigenvalue weighted by Gasteiger charge is -2.06. The Labute approximate surface area is 155 Å². The number of nitrogens with zero attached hydrogens (tertiary/aromatic N) is 3. The Morgan fingerprint density at radius 1 is 1.42 bits per heavy atom. The molecule has 2 rings (SSSR count). The third kappa shape index (κ3) is 6.03. The number of halogens is 2. The third-order valence-electron chi connectivity index (χ3n) is 3.40. The second-order valence-corrected chi connectivity index (χ2v) is 6.86. The summed E-state index contributed by atoms with van der Waals surface area (Å²) in [7, 11) is 0. The van der Waals surface area contributed by atoms with Gasteiger partial charge in [-0.05, 0) is 66.5 Å². The van der Waals surface area contributed by atoms with E-state index in [0.717, 1.165) is 27.2 Å². The van der Waals surface area contributed by atoms with Gasteiger partial charge in [-0.1, -0.05) is 0 Å². The summed E-state index contributed by atoms with van der Waals surface area (Å²) in [5.74, 6) is 1.26. The molecule has 0 radical (unpaired) electrons. The Balaban J connectivity index is 2.18. The maximum atomic E-state index is 13.3. The molecule has 0 atom stereocenters. The molecule has 1 saturated carbocycles. The molecule has 7 heteroatoms. The highest BCUT2D eigenvalue weighted by Gasteiger charge is 2.19. The van der Waals surface area contributed by atoms with Crippen molar-refractivity contribution in [1.82, 2.24) is 0 Å². The van der Waals surface area contributed by atoms with Crippen molar-refractivity contribution in [2.75, 3.05) is 13.1 Å². The smallest absolute Gasteiger partial charge is 0.158 e. The van der Waals surface area contributed by atoms with E-state index in [1.54, 1.807) is 19.2 Å². The van der Waals surface area contributed by atoms with E-state index in [4.69, 9.17) is 11.5 Å². The summed E-state index contributed by atoms with van der Waals surface area (Å²) in [5.41, 5.74) is 12.9. The monoisotopic (exact) mass is 441 g/mol. The summed E-state index contributed by atoms with van der Waals surface area (Å²) in [5, 5.41) is 0. The third-order valence-corrected chi connectivity index (χ3v) is 4.29. The van der Waals surface area contributed by atoms with Crippen molar-refractivity contribution in [3.63, 3.8) is 0 Å². The Morgan fingerprint density at radius 3 is 2.75 bits per heavy atom. The Morgan fingerprint density at radius 2 is 2.17 bits per heavy atom. The van der Waals surface area contributed by atoms with Gasteiger partial charge in [-0.25, -0.2) is 9.38 Å². The highest BCUT2D eigenvalue weighted by Crippen LogP contribution is 2.28. The molecule has 1 aliphatic rings. The minimum absolute atomic E-state index is 0.300. The lowest BCUT2D eigenvalue weighted by molar-refractivity contribution is 0.626. The van der Waals surface area contributed by atoms with Gasteiger partial charge in [0, 0.05) is 33.7 Å². The van der Waals surface area contributed by atoms with Crippen molar-refractivity contribution in [3.05, 3.63) is 44.9 Å². The number of nitrogens with two attached hydrogens (primary N) is 2. The average Bonchev–Trinajstić information content (AvgIpc) is 3.33. The molecule has 0 heterocycles. The largest absolute Gasteiger partial charge is 0.404 e. The van der Waals surface area contributed by atoms with Crippen molar-refractivity contribution in [2.45, 2.75) is 19.8 Å². The number of benzene rings is 1. The highest BCUT2D eigenvalue weighted by molar-refractivity contribution is 14.1. The molecule has 1 aromatic rings. The molecule has 5 nitrogen and oxygen atoms in total. The number of hydrogen-bond acceptors (Lipinski definition) is 3. The van der Waals surface area contributed by atoms with Gasteiger partial charge in [0.1, 0.15) is 5.82 Å². The van der Waals surface area contributed by atoms with Crippen LogP contribution in [0.25, 0.3) is 0 Å². The van der Waals surface area contributed by atoms with Crippen LogP contribution in [0.3, 0.4) is 0 Å². The van der Waals surface area contributed by atoms with E-state index < -0.39 is 0 Å². The fourth-order valence-electron chi connectivity index (χ4n) is 1.94. The van der Waals surface area contributed by atoms with Crippen LogP contribution in [0.15, 0.2) is 44.9 Å². The predicted octanol–water partition coefficient (Wildman–Crippen LogP) is 2.88. The Bertz CT molecular complexity index is 701. The fourth-order valence-corrected chi connectivity index (χ4v) is 2.66. The van der Waals surface area contributed by atoms with Crippen molar-refractivity contribution in [2.24, 2.45) is 32.4 Å². The highest BCUT2D eigenvalue weighted by atomic mass is 127. The van der Waals surface area contributed by atoms with Gasteiger partial charge in [-0.3, -0.25) is 9.98 Å². The van der Waals surface area contributed by atoms with E-state index in [1.807, 2.05) is 0 Å². The molecular weight excluding hydrogens is 420 g/mol. The van der Waals surface area contributed by atoms with Gasteiger partial charge < -0.3 is 11.5 Å². The molecule has 0 bridgehead atoms. The molecule has 0 aromatic heterocycles. The van der Waals surface area contributed by atoms with Crippen LogP contribution in [-0.2, 0) is 0 Å². The molecule has 128 valence electrons. The van der Waals surface area contributed by atoms with Crippen LogP contribution in [0.5, 0.6) is 0 Å². The van der Waals surface area contributed by atoms with Crippen LogP contribution in [0, 0.1) is 15.3 Å². The molecule has 1 aromatic carbocycles. The van der Waals surface area contributed by atoms with Crippen LogP contribution >= 0.6 is 22.6 Å². The SMILES string of the molecule is CC(N)=NC(=NCC(C=NCC1CC1)=CN)c1ccc(F)cc1I. The lowest BCUT2D eigenvalue weighted by Crippen LogP contribution is -2.12. The molecule has 0 spiro atoms. The summed E-state index contributed by atoms with van der Waals surface area (Å²) in [6, 6.07) is 4.46. The molecule has 24 heavy (non-hydrogen) atoms. The van der Waals surface area contributed by atoms with E-state index in [-0.39, 0.29) is 5.82 Å². The lowest BCUT2D eigenvalue weighted by atomic mass is 10.2. The van der Waals surface area contributed by atoms with Gasteiger partial charge in [-0.2, -0.15) is 0 Å². The van der Waals surface area contributed by atoms with Crippen molar-refractivity contribution < 1.29 is 4.39 Å². The average molecular weight is 441 g/mol. The molecule has 1 aliphatic carbocycles. The van der Waals surface area contributed by atoms with E-state index >= 15 is 0 Å². The van der Waals surface area contributed by atoms with Crippen LogP contribution in [-0.4, -0.2) is 31.0 Å². The number of aliphatic imine (C=N–C) groups is 3. The Kier molecular flexibility index (Phi) is 6.89. The van der Waals surface area contributed by atoms with E-state index in [1.165, 1.54) is 31.2 Å². The first-order chi connectivity index (χ1) is 11.5. The van der Waals surface area contributed by atoms with Gasteiger partial charge in [0.2, 0.25) is 0 Å². The second-order valence-electron chi connectivity index (χ2n) is 5.70. The zero-order chi connectivity index (χ0) is 17.5. The molecule has 0 amide bonds. The first-order valence-corrected chi connectivity index (χ1v) is 8.78. The van der Waals surface area contributed by atoms with Crippen molar-refractivity contribution in [3.8, 4) is 0 Å². The van der Waals surface area contributed by atoms with E-state index in [2.05, 4.69) is 37.6 Å². The van der Waals surface area contributed by atoms with Gasteiger partial charge in [-0.15, -0.1) is 0 Å². The number of amidine groups is 2. The van der Waals surface area contributed by atoms with Crippen LogP contribution in [0.4, 0.5) is 4.39 Å². The first kappa shape index (κ1) is 18.6. The Hall–Kier alpha value is -1.77. The molecule has 0 saturated heterocycles. The summed E-state index contributed by atoms with van der Waals surface area (Å²) in [6.45, 7) is 2.86. The maximum Gasteiger partial charge on any atom is 0.158 e. The van der Waals surface area contributed by atoms with Crippen LogP contribution in [0.1, 0.15) is 25.3 Å². The van der Waals surface area contributed by atoms with E-state index in [0.29, 0.717) is 18.2 Å². The molecular formula is C17H21FIN5. The number of hydrogen-bond donors (Lipinski definition) is 2. The summed E-state index contributed by atoms with van der Waals surface area (Å²) < 4.78 is 14.0. The minimum atomic E-state index is -0.300. The second kappa shape index (κ2) is 8.91. The molecule has 0 unspecified atom stereocenters. The predicted molar refractivity (Wildman–Crippen MR) is 106 cm³/mol. The summed E-state index contributed by atoms with van der Waals surface area (Å²) in [4.78, 5) is 13.1. The summed E-state index contributed by atoms with van der Waals surface area (Å²) >= 11 is 2.05. The maximum absolute atomic E-state index is 13.3. The zero-order valence-corrected chi connectivity index (χ0v) is 15.7. The van der Waals surface area contributed by atoms with Crippen molar-refractivity contribution >= 4 is 40.5 Å². The molecule has 4 N–H and O–H groups in total. The topological polar surface area (TPSA) is 89.1 Å². The van der Waals surface area contributed by atoms with Gasteiger partial charge in [0.25, 0.3) is 0 Å². The van der Waals surface area contributed by atoms with Gasteiger partial charge in [0.15, 0.2) is 5.84 Å². The first-order valence-electron chi connectivity index (χ1n) is 7.71. The van der Waals surface area contributed by atoms with Crippen LogP contribution in [0.2, 0.25) is 0 Å². The van der Waals surface area contributed by atoms with Gasteiger partial charge >= 0.3 is 0 Å². The molecule has 1 fully saturated rings. The van der Waals surface area contributed by atoms with E-state index in [9.17, 15) is 4.39 Å². The molecule has 0 aliphatic heterocycles.